The zero-order valence-corrected chi connectivity index (χ0v) is 17.4. The first-order chi connectivity index (χ1) is 12.8. The first-order valence-electron chi connectivity index (χ1n) is 10.8. The van der Waals surface area contributed by atoms with Gasteiger partial charge in [0.1, 0.15) is 0 Å². The van der Waals surface area contributed by atoms with Crippen LogP contribution in [0.2, 0.25) is 0 Å². The lowest BCUT2D eigenvalue weighted by molar-refractivity contribution is -0.0246. The van der Waals surface area contributed by atoms with E-state index in [9.17, 15) is 0 Å². The van der Waals surface area contributed by atoms with E-state index in [2.05, 4.69) is 13.8 Å². The Morgan fingerprint density at radius 1 is 0.577 bits per heavy atom. The van der Waals surface area contributed by atoms with E-state index in [1.54, 1.807) is 0 Å². The van der Waals surface area contributed by atoms with Crippen LogP contribution >= 0.6 is 0 Å². The van der Waals surface area contributed by atoms with E-state index in [1.807, 2.05) is 0 Å². The second kappa shape index (κ2) is 22.8. The van der Waals surface area contributed by atoms with Gasteiger partial charge in [0.15, 0.2) is 0 Å². The quantitative estimate of drug-likeness (QED) is 0.285. The van der Waals surface area contributed by atoms with Gasteiger partial charge in [0, 0.05) is 0 Å². The molecule has 0 unspecified atom stereocenters. The van der Waals surface area contributed by atoms with Gasteiger partial charge in [-0.15, -0.1) is 0 Å². The highest BCUT2D eigenvalue weighted by Crippen LogP contribution is 2.15. The molecule has 26 heavy (non-hydrogen) atoms. The first-order valence-corrected chi connectivity index (χ1v) is 10.8. The van der Waals surface area contributed by atoms with Crippen LogP contribution in [0.3, 0.4) is 0 Å². The molecular formula is C21H44O5. The standard InChI is InChI=1S/C21H44O5/c1-3-5-7-9-11-21(12-10-8-6-4-2)26-20-19-25-18-17-24-16-15-23-14-13-22/h21-22H,3-20H2,1-2H3. The minimum absolute atomic E-state index is 0.0569. The van der Waals surface area contributed by atoms with Crippen molar-refractivity contribution in [1.82, 2.24) is 0 Å². The Balaban J connectivity index is 3.57. The smallest absolute Gasteiger partial charge is 0.0704 e. The third kappa shape index (κ3) is 20.1. The van der Waals surface area contributed by atoms with Crippen molar-refractivity contribution in [3.63, 3.8) is 0 Å². The fraction of sp³-hybridized carbons (Fsp3) is 1.00. The summed E-state index contributed by atoms with van der Waals surface area (Å²) in [6, 6.07) is 0. The Hall–Kier alpha value is -0.200. The Morgan fingerprint density at radius 2 is 1.04 bits per heavy atom. The molecule has 0 aliphatic rings. The molecule has 0 aromatic rings. The van der Waals surface area contributed by atoms with Crippen LogP contribution in [0.15, 0.2) is 0 Å². The SMILES string of the molecule is CCCCCCC(CCCCCC)OCCOCCOCCOCCO. The molecule has 0 spiro atoms. The van der Waals surface area contributed by atoms with Crippen LogP contribution in [0.5, 0.6) is 0 Å². The normalized spacial score (nSPS) is 11.5. The predicted molar refractivity (Wildman–Crippen MR) is 107 cm³/mol. The number of aliphatic hydroxyl groups is 1. The van der Waals surface area contributed by atoms with Gasteiger partial charge in [-0.2, -0.15) is 0 Å². The number of ether oxygens (including phenoxy) is 4. The summed E-state index contributed by atoms with van der Waals surface area (Å²) in [5.41, 5.74) is 0. The fourth-order valence-corrected chi connectivity index (χ4v) is 2.79. The summed E-state index contributed by atoms with van der Waals surface area (Å²) in [7, 11) is 0. The largest absolute Gasteiger partial charge is 0.394 e. The van der Waals surface area contributed by atoms with Crippen LogP contribution in [0.1, 0.15) is 78.1 Å². The lowest BCUT2D eigenvalue weighted by Crippen LogP contribution is -2.18. The van der Waals surface area contributed by atoms with Crippen molar-refractivity contribution < 1.29 is 24.1 Å². The van der Waals surface area contributed by atoms with Gasteiger partial charge in [-0.05, 0) is 12.8 Å². The van der Waals surface area contributed by atoms with E-state index >= 15 is 0 Å². The van der Waals surface area contributed by atoms with Crippen LogP contribution in [0.25, 0.3) is 0 Å². The number of rotatable bonds is 22. The molecule has 0 fully saturated rings. The Morgan fingerprint density at radius 3 is 1.50 bits per heavy atom. The molecule has 0 saturated carbocycles. The number of hydrogen-bond acceptors (Lipinski definition) is 5. The molecule has 0 aromatic heterocycles. The van der Waals surface area contributed by atoms with Gasteiger partial charge in [-0.3, -0.25) is 0 Å². The number of unbranched alkanes of at least 4 members (excludes halogenated alkanes) is 6. The number of hydrogen-bond donors (Lipinski definition) is 1. The molecule has 0 aliphatic heterocycles. The van der Waals surface area contributed by atoms with Crippen LogP contribution < -0.4 is 0 Å². The minimum Gasteiger partial charge on any atom is -0.394 e. The average molecular weight is 377 g/mol. The van der Waals surface area contributed by atoms with Gasteiger partial charge in [-0.1, -0.05) is 65.2 Å². The number of aliphatic hydroxyl groups excluding tert-OH is 1. The summed E-state index contributed by atoms with van der Waals surface area (Å²) in [5, 5.41) is 8.57. The Kier molecular flexibility index (Phi) is 22.7. The third-order valence-corrected chi connectivity index (χ3v) is 4.32. The van der Waals surface area contributed by atoms with Gasteiger partial charge < -0.3 is 24.1 Å². The summed E-state index contributed by atoms with van der Waals surface area (Å²) in [6.07, 6.45) is 13.2. The molecule has 158 valence electrons. The van der Waals surface area contributed by atoms with Crippen molar-refractivity contribution >= 4 is 0 Å². The Labute approximate surface area is 161 Å². The van der Waals surface area contributed by atoms with Crippen molar-refractivity contribution in [2.75, 3.05) is 52.9 Å². The van der Waals surface area contributed by atoms with Crippen molar-refractivity contribution in [3.05, 3.63) is 0 Å². The highest BCUT2D eigenvalue weighted by Gasteiger charge is 2.08. The summed E-state index contributed by atoms with van der Waals surface area (Å²) in [4.78, 5) is 0. The maximum absolute atomic E-state index is 8.57. The lowest BCUT2D eigenvalue weighted by atomic mass is 10.0. The average Bonchev–Trinajstić information content (AvgIpc) is 2.66. The van der Waals surface area contributed by atoms with Crippen molar-refractivity contribution in [1.29, 1.82) is 0 Å². The van der Waals surface area contributed by atoms with Gasteiger partial charge in [0.2, 0.25) is 0 Å². The molecule has 5 nitrogen and oxygen atoms in total. The van der Waals surface area contributed by atoms with Crippen LogP contribution in [0, 0.1) is 0 Å². The molecule has 0 amide bonds. The minimum atomic E-state index is 0.0569. The summed E-state index contributed by atoms with van der Waals surface area (Å²) in [5.74, 6) is 0. The zero-order chi connectivity index (χ0) is 19.1. The zero-order valence-electron chi connectivity index (χ0n) is 17.4. The van der Waals surface area contributed by atoms with Crippen molar-refractivity contribution in [2.24, 2.45) is 0 Å². The monoisotopic (exact) mass is 376 g/mol. The van der Waals surface area contributed by atoms with E-state index in [4.69, 9.17) is 24.1 Å². The summed E-state index contributed by atoms with van der Waals surface area (Å²) >= 11 is 0. The van der Waals surface area contributed by atoms with Gasteiger partial charge in [0.25, 0.3) is 0 Å². The predicted octanol–water partition coefficient (Wildman–Crippen LogP) is 4.35. The van der Waals surface area contributed by atoms with E-state index in [1.165, 1.54) is 64.2 Å². The van der Waals surface area contributed by atoms with E-state index in [0.717, 1.165) is 0 Å². The molecule has 0 bridgehead atoms. The van der Waals surface area contributed by atoms with E-state index in [-0.39, 0.29) is 6.61 Å². The molecule has 0 aromatic carbocycles. The van der Waals surface area contributed by atoms with E-state index < -0.39 is 0 Å². The van der Waals surface area contributed by atoms with Crippen LogP contribution in [-0.4, -0.2) is 64.1 Å². The molecule has 0 saturated heterocycles. The molecule has 0 aliphatic carbocycles. The van der Waals surface area contributed by atoms with Crippen LogP contribution in [-0.2, 0) is 18.9 Å². The van der Waals surface area contributed by atoms with Crippen molar-refractivity contribution in [3.8, 4) is 0 Å². The van der Waals surface area contributed by atoms with Gasteiger partial charge in [0.05, 0.1) is 59.0 Å². The molecule has 5 heteroatoms. The van der Waals surface area contributed by atoms with Gasteiger partial charge >= 0.3 is 0 Å². The topological polar surface area (TPSA) is 57.2 Å². The van der Waals surface area contributed by atoms with Crippen molar-refractivity contribution in [2.45, 2.75) is 84.2 Å². The molecule has 0 rings (SSSR count). The van der Waals surface area contributed by atoms with Crippen LogP contribution in [0.4, 0.5) is 0 Å². The molecule has 1 N–H and O–H groups in total. The molecule has 0 atom stereocenters. The van der Waals surface area contributed by atoms with Gasteiger partial charge in [-0.25, -0.2) is 0 Å². The lowest BCUT2D eigenvalue weighted by Gasteiger charge is -2.18. The second-order valence-corrected chi connectivity index (χ2v) is 6.75. The molecule has 0 heterocycles. The highest BCUT2D eigenvalue weighted by atomic mass is 16.6. The summed E-state index contributed by atoms with van der Waals surface area (Å²) in [6.45, 7) is 8.44. The Bertz CT molecular complexity index is 239. The second-order valence-electron chi connectivity index (χ2n) is 6.75. The molecule has 0 radical (unpaired) electrons. The third-order valence-electron chi connectivity index (χ3n) is 4.32. The maximum atomic E-state index is 8.57. The van der Waals surface area contributed by atoms with E-state index in [0.29, 0.717) is 52.4 Å². The highest BCUT2D eigenvalue weighted by molar-refractivity contribution is 4.60. The first kappa shape index (κ1) is 25.8. The fourth-order valence-electron chi connectivity index (χ4n) is 2.79. The maximum Gasteiger partial charge on any atom is 0.0704 e. The molecular weight excluding hydrogens is 332 g/mol. The summed E-state index contributed by atoms with van der Waals surface area (Å²) < 4.78 is 22.1.